The number of carbonyl (C=O) groups is 2. The summed E-state index contributed by atoms with van der Waals surface area (Å²) in [5.41, 5.74) is 0.351. The maximum atomic E-state index is 11.7. The van der Waals surface area contributed by atoms with Crippen molar-refractivity contribution >= 4 is 35.1 Å². The van der Waals surface area contributed by atoms with Crippen LogP contribution in [0.3, 0.4) is 0 Å². The molecule has 0 spiro atoms. The van der Waals surface area contributed by atoms with E-state index in [1.54, 1.807) is 30.5 Å². The van der Waals surface area contributed by atoms with Crippen LogP contribution < -0.4 is 10.1 Å². The fourth-order valence-corrected chi connectivity index (χ4v) is 2.15. The van der Waals surface area contributed by atoms with Gasteiger partial charge in [-0.25, -0.2) is 4.79 Å². The van der Waals surface area contributed by atoms with Gasteiger partial charge in [-0.15, -0.1) is 0 Å². The quantitative estimate of drug-likeness (QED) is 0.600. The average molecular weight is 369 g/mol. The van der Waals surface area contributed by atoms with E-state index in [4.69, 9.17) is 32.7 Å². The lowest BCUT2D eigenvalue weighted by atomic mass is 10.3. The monoisotopic (exact) mass is 368 g/mol. The molecular weight excluding hydrogens is 355 g/mol. The van der Waals surface area contributed by atoms with Crippen LogP contribution in [-0.4, -0.2) is 36.6 Å². The van der Waals surface area contributed by atoms with Gasteiger partial charge in [-0.1, -0.05) is 23.2 Å². The molecule has 1 heterocycles. The van der Waals surface area contributed by atoms with Gasteiger partial charge in [-0.05, 0) is 30.3 Å². The third-order valence-corrected chi connectivity index (χ3v) is 3.34. The van der Waals surface area contributed by atoms with Crippen LogP contribution in [0.2, 0.25) is 10.0 Å². The lowest BCUT2D eigenvalue weighted by Crippen LogP contribution is -2.32. The van der Waals surface area contributed by atoms with E-state index in [0.29, 0.717) is 21.4 Å². The van der Waals surface area contributed by atoms with Crippen molar-refractivity contribution in [2.45, 2.75) is 0 Å². The van der Waals surface area contributed by atoms with Crippen molar-refractivity contribution in [2.24, 2.45) is 0 Å². The lowest BCUT2D eigenvalue weighted by molar-refractivity contribution is -0.123. The molecule has 1 amide bonds. The second-order valence-electron chi connectivity index (χ2n) is 4.59. The van der Waals surface area contributed by atoms with Crippen LogP contribution in [0.25, 0.3) is 0 Å². The average Bonchev–Trinajstić information content (AvgIpc) is 2.58. The third-order valence-electron chi connectivity index (χ3n) is 2.81. The van der Waals surface area contributed by atoms with Gasteiger partial charge in [0, 0.05) is 17.4 Å². The number of rotatable bonds is 7. The van der Waals surface area contributed by atoms with Crippen LogP contribution in [0.5, 0.6) is 5.75 Å². The number of ether oxygens (including phenoxy) is 2. The third kappa shape index (κ3) is 5.72. The molecule has 0 saturated heterocycles. The van der Waals surface area contributed by atoms with E-state index in [2.05, 4.69) is 10.3 Å². The van der Waals surface area contributed by atoms with Gasteiger partial charge in [0.1, 0.15) is 12.4 Å². The number of nitrogens with one attached hydrogen (secondary N) is 1. The van der Waals surface area contributed by atoms with Crippen LogP contribution in [0, 0.1) is 0 Å². The minimum absolute atomic E-state index is 0.0428. The molecule has 0 aliphatic rings. The van der Waals surface area contributed by atoms with Crippen molar-refractivity contribution in [3.63, 3.8) is 0 Å². The van der Waals surface area contributed by atoms with Crippen molar-refractivity contribution in [2.75, 3.05) is 19.8 Å². The fourth-order valence-electron chi connectivity index (χ4n) is 1.69. The maximum absolute atomic E-state index is 11.7. The first-order valence-corrected chi connectivity index (χ1v) is 7.73. The highest BCUT2D eigenvalue weighted by Crippen LogP contribution is 2.27. The molecule has 0 radical (unpaired) electrons. The molecule has 1 aromatic carbocycles. The predicted molar refractivity (Wildman–Crippen MR) is 89.5 cm³/mol. The zero-order valence-electron chi connectivity index (χ0n) is 12.5. The molecule has 1 N–H and O–H groups in total. The van der Waals surface area contributed by atoms with Crippen molar-refractivity contribution in [1.82, 2.24) is 10.3 Å². The zero-order chi connectivity index (χ0) is 17.4. The number of amides is 1. The molecule has 2 aromatic rings. The molecule has 6 nitrogen and oxygen atoms in total. The topological polar surface area (TPSA) is 77.5 Å². The first-order valence-electron chi connectivity index (χ1n) is 6.98. The summed E-state index contributed by atoms with van der Waals surface area (Å²) in [5.74, 6) is -0.501. The van der Waals surface area contributed by atoms with Gasteiger partial charge in [0.2, 0.25) is 0 Å². The van der Waals surface area contributed by atoms with E-state index in [-0.39, 0.29) is 25.7 Å². The Morgan fingerprint density at radius 1 is 1.21 bits per heavy atom. The smallest absolute Gasteiger partial charge is 0.339 e. The van der Waals surface area contributed by atoms with Crippen molar-refractivity contribution in [3.8, 4) is 5.75 Å². The van der Waals surface area contributed by atoms with Crippen LogP contribution in [0.4, 0.5) is 0 Å². The van der Waals surface area contributed by atoms with Crippen molar-refractivity contribution < 1.29 is 19.1 Å². The Morgan fingerprint density at radius 2 is 2.04 bits per heavy atom. The summed E-state index contributed by atoms with van der Waals surface area (Å²) in [6, 6.07) is 7.94. The molecule has 0 fully saturated rings. The first-order chi connectivity index (χ1) is 11.6. The molecule has 24 heavy (non-hydrogen) atoms. The summed E-state index contributed by atoms with van der Waals surface area (Å²) in [4.78, 5) is 27.1. The molecule has 0 aliphatic heterocycles. The summed E-state index contributed by atoms with van der Waals surface area (Å²) in [7, 11) is 0. The summed E-state index contributed by atoms with van der Waals surface area (Å²) < 4.78 is 10.3. The summed E-state index contributed by atoms with van der Waals surface area (Å²) >= 11 is 11.7. The van der Waals surface area contributed by atoms with Gasteiger partial charge in [0.15, 0.2) is 6.61 Å². The second-order valence-corrected chi connectivity index (χ2v) is 5.43. The largest absolute Gasteiger partial charge is 0.482 e. The number of carbonyl (C=O) groups excluding carboxylic acids is 2. The first kappa shape index (κ1) is 18.0. The van der Waals surface area contributed by atoms with Gasteiger partial charge in [0.25, 0.3) is 5.91 Å². The Morgan fingerprint density at radius 3 is 2.75 bits per heavy atom. The van der Waals surface area contributed by atoms with E-state index < -0.39 is 5.97 Å². The molecule has 0 saturated carbocycles. The minimum Gasteiger partial charge on any atom is -0.482 e. The molecule has 0 aliphatic carbocycles. The molecule has 2 rings (SSSR count). The molecule has 8 heteroatoms. The summed E-state index contributed by atoms with van der Waals surface area (Å²) in [6.45, 7) is 0.00161. The van der Waals surface area contributed by atoms with Gasteiger partial charge < -0.3 is 14.8 Å². The van der Waals surface area contributed by atoms with Gasteiger partial charge >= 0.3 is 5.97 Å². The molecule has 126 valence electrons. The number of hydrogen-bond acceptors (Lipinski definition) is 5. The molecule has 1 aromatic heterocycles. The minimum atomic E-state index is -0.499. The maximum Gasteiger partial charge on any atom is 0.339 e. The zero-order valence-corrected chi connectivity index (χ0v) is 14.0. The fraction of sp³-hybridized carbons (Fsp3) is 0.188. The molecule has 0 bridgehead atoms. The Labute approximate surface area is 148 Å². The normalized spacial score (nSPS) is 10.1. The number of halogens is 2. The second kappa shape index (κ2) is 9.10. The van der Waals surface area contributed by atoms with Gasteiger partial charge in [-0.3, -0.25) is 9.78 Å². The number of benzene rings is 1. The molecule has 0 atom stereocenters. The van der Waals surface area contributed by atoms with Crippen molar-refractivity contribution in [1.29, 1.82) is 0 Å². The molecular formula is C16H14Cl2N2O4. The Hall–Kier alpha value is -2.31. The highest BCUT2D eigenvalue weighted by Gasteiger charge is 2.08. The van der Waals surface area contributed by atoms with Gasteiger partial charge in [-0.2, -0.15) is 0 Å². The Kier molecular flexibility index (Phi) is 6.84. The van der Waals surface area contributed by atoms with E-state index >= 15 is 0 Å². The van der Waals surface area contributed by atoms with Crippen LogP contribution in [0.1, 0.15) is 10.4 Å². The van der Waals surface area contributed by atoms with Crippen LogP contribution in [-0.2, 0) is 9.53 Å². The highest BCUT2D eigenvalue weighted by molar-refractivity contribution is 6.35. The van der Waals surface area contributed by atoms with E-state index in [1.165, 1.54) is 12.3 Å². The number of aromatic nitrogens is 1. The van der Waals surface area contributed by atoms with Gasteiger partial charge in [0.05, 0.1) is 17.1 Å². The number of hydrogen-bond donors (Lipinski definition) is 1. The summed E-state index contributed by atoms with van der Waals surface area (Å²) in [5, 5.41) is 3.36. The SMILES string of the molecule is O=C(COc1ccc(Cl)cc1Cl)NCCOC(=O)c1cccnc1. The highest BCUT2D eigenvalue weighted by atomic mass is 35.5. The summed E-state index contributed by atoms with van der Waals surface area (Å²) in [6.07, 6.45) is 2.97. The molecule has 0 unspecified atom stereocenters. The Balaban J connectivity index is 1.65. The lowest BCUT2D eigenvalue weighted by Gasteiger charge is -2.09. The number of nitrogens with zero attached hydrogens (tertiary/aromatic N) is 1. The number of pyridine rings is 1. The van der Waals surface area contributed by atoms with E-state index in [9.17, 15) is 9.59 Å². The van der Waals surface area contributed by atoms with E-state index in [0.717, 1.165) is 0 Å². The van der Waals surface area contributed by atoms with Crippen LogP contribution in [0.15, 0.2) is 42.7 Å². The van der Waals surface area contributed by atoms with Crippen molar-refractivity contribution in [3.05, 3.63) is 58.3 Å². The predicted octanol–water partition coefficient (Wildman–Crippen LogP) is 2.74. The van der Waals surface area contributed by atoms with E-state index in [1.807, 2.05) is 0 Å². The number of esters is 1. The van der Waals surface area contributed by atoms with Crippen LogP contribution >= 0.6 is 23.2 Å². The Bertz CT molecular complexity index is 710. The standard InChI is InChI=1S/C16H14Cl2N2O4/c17-12-3-4-14(13(18)8-12)24-10-15(21)20-6-7-23-16(22)11-2-1-5-19-9-11/h1-5,8-9H,6-7,10H2,(H,20,21).